The predicted molar refractivity (Wildman–Crippen MR) is 243 cm³/mol. The number of hydrogen-bond acceptors (Lipinski definition) is 10. The van der Waals surface area contributed by atoms with E-state index in [-0.39, 0.29) is 23.5 Å². The fourth-order valence-electron chi connectivity index (χ4n) is 7.71. The van der Waals surface area contributed by atoms with Crippen LogP contribution in [0.5, 0.6) is 0 Å². The Kier molecular flexibility index (Phi) is 15.2. The predicted octanol–water partition coefficient (Wildman–Crippen LogP) is 4.23. The normalized spacial score (nSPS) is 15.1. The molecule has 5 aromatic carbocycles. The van der Waals surface area contributed by atoms with E-state index < -0.39 is 14.2 Å². The molecule has 7 aromatic rings. The maximum atomic E-state index is 13.2. The summed E-state index contributed by atoms with van der Waals surface area (Å²) < 4.78 is 12.2. The summed E-state index contributed by atoms with van der Waals surface area (Å²) in [5.41, 5.74) is 6.69. The zero-order chi connectivity index (χ0) is 44.1. The summed E-state index contributed by atoms with van der Waals surface area (Å²) >= 11 is 0. The Morgan fingerprint density at radius 2 is 1.35 bits per heavy atom. The van der Waals surface area contributed by atoms with Crippen LogP contribution < -0.4 is 16.2 Å². The minimum absolute atomic E-state index is 0.00489. The quantitative estimate of drug-likeness (QED) is 0.115. The molecular formula is C47H48B2FN7O6. The molecule has 4 heterocycles. The van der Waals surface area contributed by atoms with E-state index in [1.807, 2.05) is 65.6 Å². The second-order valence-corrected chi connectivity index (χ2v) is 15.5. The van der Waals surface area contributed by atoms with Gasteiger partial charge in [-0.3, -0.25) is 19.6 Å². The van der Waals surface area contributed by atoms with Gasteiger partial charge in [0.05, 0.1) is 23.7 Å². The van der Waals surface area contributed by atoms with Gasteiger partial charge in [-0.05, 0) is 84.6 Å². The van der Waals surface area contributed by atoms with Gasteiger partial charge in [0.25, 0.3) is 0 Å². The zero-order valence-electron chi connectivity index (χ0n) is 34.5. The molecule has 2 aliphatic heterocycles. The molecule has 9 rings (SSSR count). The van der Waals surface area contributed by atoms with Gasteiger partial charge in [0.15, 0.2) is 5.82 Å². The number of carbonyl (C=O) groups excluding carboxylic acids is 2. The number of halogens is 1. The summed E-state index contributed by atoms with van der Waals surface area (Å²) in [6.07, 6.45) is 6.15. The van der Waals surface area contributed by atoms with Crippen molar-refractivity contribution in [1.29, 1.82) is 0 Å². The lowest BCUT2D eigenvalue weighted by atomic mass is 9.80. The fourth-order valence-corrected chi connectivity index (χ4v) is 7.71. The first-order valence-electron chi connectivity index (χ1n) is 20.9. The first-order valence-corrected chi connectivity index (χ1v) is 20.9. The molecule has 0 radical (unpaired) electrons. The molecule has 0 saturated carbocycles. The van der Waals surface area contributed by atoms with Gasteiger partial charge in [0.2, 0.25) is 11.8 Å². The monoisotopic (exact) mass is 847 g/mol. The van der Waals surface area contributed by atoms with E-state index in [1.54, 1.807) is 36.7 Å². The topological polar surface area (TPSA) is 188 Å². The standard InChI is InChI=1S/C35H35N7O2.C6H6BFO2.C6H7BO2/c43-32(42-19-14-25(15-20-42)24-7-9-27(10-8-24)34-36-16-4-17-37-34)23-41-18-13-28(22-41)35(44)38-29-11-12-31-30(21-29)33(40-39-31)26-5-2-1-3-6-26;8-6-3-1-5(2-4-6)7(9)10;8-7(9)6-4-2-1-3-5-6/h1-12,16-17,21,25,28H,13-15,18-20,22-23H2,(H,38,44)(H,39,40);1-4,9-10H;1-5,8-9H/t28-;;/m1../s1. The summed E-state index contributed by atoms with van der Waals surface area (Å²) in [6, 6.07) is 39.8. The molecule has 63 heavy (non-hydrogen) atoms. The molecule has 6 N–H and O–H groups in total. The van der Waals surface area contributed by atoms with Gasteiger partial charge in [0, 0.05) is 54.2 Å². The SMILES string of the molecule is O=C(Nc1ccc2[nH]nc(-c3ccccc3)c2c1)[C@@H]1CCN(CC(=O)N2CCC(c3ccc(-c4ncccn4)cc3)CC2)C1.OB(O)c1ccc(F)cc1.OB(O)c1ccccc1. The number of carbonyl (C=O) groups is 2. The van der Waals surface area contributed by atoms with Gasteiger partial charge in [-0.1, -0.05) is 97.1 Å². The van der Waals surface area contributed by atoms with Crippen LogP contribution in [0.2, 0.25) is 0 Å². The van der Waals surface area contributed by atoms with E-state index in [0.717, 1.165) is 78.1 Å². The van der Waals surface area contributed by atoms with Crippen LogP contribution >= 0.6 is 0 Å². The molecule has 320 valence electrons. The Morgan fingerprint density at radius 1 is 0.714 bits per heavy atom. The van der Waals surface area contributed by atoms with Gasteiger partial charge in [0.1, 0.15) is 5.82 Å². The number of rotatable bonds is 9. The third-order valence-electron chi connectivity index (χ3n) is 11.2. The Labute approximate surface area is 365 Å². The third kappa shape index (κ3) is 12.1. The van der Waals surface area contributed by atoms with Crippen molar-refractivity contribution in [2.75, 3.05) is 38.0 Å². The smallest absolute Gasteiger partial charge is 0.423 e. The number of aromatic nitrogens is 4. The minimum atomic E-state index is -1.51. The average molecular weight is 848 g/mol. The maximum Gasteiger partial charge on any atom is 0.488 e. The van der Waals surface area contributed by atoms with Crippen LogP contribution in [0.15, 0.2) is 146 Å². The molecule has 2 saturated heterocycles. The lowest BCUT2D eigenvalue weighted by molar-refractivity contribution is -0.133. The molecule has 2 fully saturated rings. The van der Waals surface area contributed by atoms with Gasteiger partial charge in [-0.15, -0.1) is 0 Å². The maximum absolute atomic E-state index is 13.2. The lowest BCUT2D eigenvalue weighted by Crippen LogP contribution is -2.43. The number of benzene rings is 5. The first-order chi connectivity index (χ1) is 30.6. The summed E-state index contributed by atoms with van der Waals surface area (Å²) in [6.45, 7) is 3.21. The highest BCUT2D eigenvalue weighted by molar-refractivity contribution is 6.58. The molecule has 2 amide bonds. The molecular weight excluding hydrogens is 799 g/mol. The number of anilines is 1. The van der Waals surface area contributed by atoms with Gasteiger partial charge in [-0.25, -0.2) is 14.4 Å². The van der Waals surface area contributed by atoms with Crippen LogP contribution in [0.4, 0.5) is 10.1 Å². The van der Waals surface area contributed by atoms with E-state index in [4.69, 9.17) is 20.1 Å². The lowest BCUT2D eigenvalue weighted by Gasteiger charge is -2.33. The summed E-state index contributed by atoms with van der Waals surface area (Å²) in [4.78, 5) is 39.1. The van der Waals surface area contributed by atoms with Crippen LogP contribution in [0.3, 0.4) is 0 Å². The Bertz CT molecular complexity index is 2530. The Hall–Kier alpha value is -6.55. The molecule has 16 heteroatoms. The van der Waals surface area contributed by atoms with Crippen molar-refractivity contribution in [2.24, 2.45) is 5.92 Å². The van der Waals surface area contributed by atoms with Crippen molar-refractivity contribution < 1.29 is 34.1 Å². The molecule has 1 atom stereocenters. The number of H-pyrrole nitrogens is 1. The van der Waals surface area contributed by atoms with Gasteiger partial charge in [-0.2, -0.15) is 5.10 Å². The van der Waals surface area contributed by atoms with Crippen molar-refractivity contribution in [2.45, 2.75) is 25.2 Å². The van der Waals surface area contributed by atoms with E-state index in [2.05, 4.69) is 54.6 Å². The largest absolute Gasteiger partial charge is 0.488 e. The van der Waals surface area contributed by atoms with Crippen molar-refractivity contribution >= 4 is 53.6 Å². The number of nitrogens with one attached hydrogen (secondary N) is 2. The van der Waals surface area contributed by atoms with Gasteiger partial charge >= 0.3 is 14.2 Å². The number of likely N-dealkylation sites (tertiary alicyclic amines) is 2. The summed E-state index contributed by atoms with van der Waals surface area (Å²) in [5.74, 6) is 0.787. The number of piperidine rings is 1. The highest BCUT2D eigenvalue weighted by atomic mass is 19.1. The summed E-state index contributed by atoms with van der Waals surface area (Å²) in [7, 11) is -2.85. The van der Waals surface area contributed by atoms with E-state index in [0.29, 0.717) is 29.9 Å². The Balaban J connectivity index is 0.000000258. The van der Waals surface area contributed by atoms with Crippen LogP contribution in [0.25, 0.3) is 33.5 Å². The van der Waals surface area contributed by atoms with Crippen molar-refractivity contribution in [3.63, 3.8) is 0 Å². The van der Waals surface area contributed by atoms with Crippen LogP contribution in [-0.2, 0) is 9.59 Å². The number of hydrogen-bond donors (Lipinski definition) is 6. The van der Waals surface area contributed by atoms with Gasteiger partial charge < -0.3 is 30.3 Å². The first kappa shape index (κ1) is 44.5. The number of amides is 2. The zero-order valence-corrected chi connectivity index (χ0v) is 34.5. The second-order valence-electron chi connectivity index (χ2n) is 15.5. The van der Waals surface area contributed by atoms with Crippen molar-refractivity contribution in [3.05, 3.63) is 157 Å². The number of fused-ring (bicyclic) bond motifs is 1. The minimum Gasteiger partial charge on any atom is -0.423 e. The van der Waals surface area contributed by atoms with E-state index in [1.165, 1.54) is 29.8 Å². The van der Waals surface area contributed by atoms with E-state index >= 15 is 0 Å². The summed E-state index contributed by atoms with van der Waals surface area (Å²) in [5, 5.41) is 45.9. The molecule has 13 nitrogen and oxygen atoms in total. The number of nitrogens with zero attached hydrogens (tertiary/aromatic N) is 5. The van der Waals surface area contributed by atoms with Crippen LogP contribution in [-0.4, -0.2) is 109 Å². The highest BCUT2D eigenvalue weighted by Gasteiger charge is 2.31. The van der Waals surface area contributed by atoms with Crippen molar-refractivity contribution in [1.82, 2.24) is 30.0 Å². The molecule has 0 unspecified atom stereocenters. The van der Waals surface area contributed by atoms with Crippen molar-refractivity contribution in [3.8, 4) is 22.6 Å². The molecule has 2 aromatic heterocycles. The second kappa shape index (κ2) is 21.5. The molecule has 2 aliphatic rings. The number of aromatic amines is 1. The van der Waals surface area contributed by atoms with E-state index in [9.17, 15) is 14.0 Å². The molecule has 0 aliphatic carbocycles. The third-order valence-corrected chi connectivity index (χ3v) is 11.2. The molecule has 0 bridgehead atoms. The van der Waals surface area contributed by atoms with Crippen LogP contribution in [0.1, 0.15) is 30.7 Å². The highest BCUT2D eigenvalue weighted by Crippen LogP contribution is 2.31. The van der Waals surface area contributed by atoms with Crippen LogP contribution in [0, 0.1) is 11.7 Å². The molecule has 0 spiro atoms. The Morgan fingerprint density at radius 3 is 1.98 bits per heavy atom. The fraction of sp³-hybridized carbons (Fsp3) is 0.213. The average Bonchev–Trinajstić information content (AvgIpc) is 3.98.